The molecule has 0 saturated heterocycles. The number of halogens is 6. The first-order chi connectivity index (χ1) is 10.5. The van der Waals surface area contributed by atoms with E-state index in [2.05, 4.69) is 5.32 Å². The first-order valence-corrected chi connectivity index (χ1v) is 6.31. The van der Waals surface area contributed by atoms with Crippen LogP contribution in [0.3, 0.4) is 0 Å². The van der Waals surface area contributed by atoms with Gasteiger partial charge in [0.05, 0.1) is 0 Å². The molecule has 0 amide bonds. The highest BCUT2D eigenvalue weighted by molar-refractivity contribution is 5.73. The van der Waals surface area contributed by atoms with Gasteiger partial charge in [0.15, 0.2) is 6.61 Å². The standard InChI is InChI=1S/C11H12F3NO.C2HF3O2/c12-11(13,14)7-16-10-2-1-9-6-15-4-3-8(9)5-10;3-2(4,5)1(6)7/h1-2,5,15H,3-4,6-7H2;(H,6,7). The van der Waals surface area contributed by atoms with Crippen molar-refractivity contribution in [2.75, 3.05) is 13.2 Å². The lowest BCUT2D eigenvalue weighted by molar-refractivity contribution is -0.192. The van der Waals surface area contributed by atoms with Gasteiger partial charge < -0.3 is 15.2 Å². The molecular formula is C13H13F6NO3. The maximum absolute atomic E-state index is 11.9. The summed E-state index contributed by atoms with van der Waals surface area (Å²) < 4.78 is 72.3. The van der Waals surface area contributed by atoms with Crippen molar-refractivity contribution in [2.45, 2.75) is 25.3 Å². The van der Waals surface area contributed by atoms with Crippen LogP contribution in [0.25, 0.3) is 0 Å². The normalized spacial score (nSPS) is 14.3. The first-order valence-electron chi connectivity index (χ1n) is 6.31. The molecule has 0 bridgehead atoms. The van der Waals surface area contributed by atoms with E-state index in [9.17, 15) is 26.3 Å². The van der Waals surface area contributed by atoms with Gasteiger partial charge in [-0.25, -0.2) is 4.79 Å². The van der Waals surface area contributed by atoms with Crippen LogP contribution in [0.1, 0.15) is 11.1 Å². The fourth-order valence-corrected chi connectivity index (χ4v) is 1.71. The van der Waals surface area contributed by atoms with Gasteiger partial charge in [0.25, 0.3) is 0 Å². The fraction of sp³-hybridized carbons (Fsp3) is 0.462. The predicted molar refractivity (Wildman–Crippen MR) is 67.1 cm³/mol. The van der Waals surface area contributed by atoms with Gasteiger partial charge in [0, 0.05) is 6.54 Å². The van der Waals surface area contributed by atoms with Gasteiger partial charge in [0.2, 0.25) is 0 Å². The van der Waals surface area contributed by atoms with Crippen molar-refractivity contribution in [2.24, 2.45) is 0 Å². The number of alkyl halides is 6. The molecule has 23 heavy (non-hydrogen) atoms. The molecule has 0 aliphatic carbocycles. The number of ether oxygens (including phenoxy) is 1. The maximum Gasteiger partial charge on any atom is 0.490 e. The maximum atomic E-state index is 11.9. The number of aliphatic carboxylic acids is 1. The number of benzene rings is 1. The van der Waals surface area contributed by atoms with E-state index in [-0.39, 0.29) is 5.75 Å². The molecule has 1 aromatic carbocycles. The lowest BCUT2D eigenvalue weighted by Gasteiger charge is -2.18. The third kappa shape index (κ3) is 7.22. The molecule has 4 nitrogen and oxygen atoms in total. The highest BCUT2D eigenvalue weighted by atomic mass is 19.4. The monoisotopic (exact) mass is 345 g/mol. The van der Waals surface area contributed by atoms with Crippen LogP contribution < -0.4 is 10.1 Å². The average molecular weight is 345 g/mol. The first kappa shape index (κ1) is 19.1. The molecule has 2 N–H and O–H groups in total. The third-order valence-corrected chi connectivity index (χ3v) is 2.71. The third-order valence-electron chi connectivity index (χ3n) is 2.71. The van der Waals surface area contributed by atoms with Crippen molar-refractivity contribution < 1.29 is 41.0 Å². The summed E-state index contributed by atoms with van der Waals surface area (Å²) in [5.41, 5.74) is 2.20. The fourth-order valence-electron chi connectivity index (χ4n) is 1.71. The molecule has 0 spiro atoms. The molecule has 0 aromatic heterocycles. The molecule has 130 valence electrons. The van der Waals surface area contributed by atoms with E-state index in [1.807, 2.05) is 6.07 Å². The Morgan fingerprint density at radius 1 is 1.17 bits per heavy atom. The second-order valence-corrected chi connectivity index (χ2v) is 4.56. The number of nitrogens with one attached hydrogen (secondary N) is 1. The van der Waals surface area contributed by atoms with Gasteiger partial charge in [0.1, 0.15) is 5.75 Å². The zero-order chi connectivity index (χ0) is 17.7. The van der Waals surface area contributed by atoms with Crippen molar-refractivity contribution in [1.29, 1.82) is 0 Å². The topological polar surface area (TPSA) is 58.6 Å². The number of rotatable bonds is 2. The molecule has 0 saturated carbocycles. The number of carbonyl (C=O) groups is 1. The Balaban J connectivity index is 0.000000322. The Hall–Kier alpha value is -1.97. The second kappa shape index (κ2) is 7.53. The van der Waals surface area contributed by atoms with E-state index < -0.39 is 24.9 Å². The number of fused-ring (bicyclic) bond motifs is 1. The van der Waals surface area contributed by atoms with Crippen LogP contribution in [-0.4, -0.2) is 36.6 Å². The summed E-state index contributed by atoms with van der Waals surface area (Å²) in [5.74, 6) is -2.47. The van der Waals surface area contributed by atoms with Gasteiger partial charge in [-0.2, -0.15) is 26.3 Å². The number of hydrogen-bond donors (Lipinski definition) is 2. The summed E-state index contributed by atoms with van der Waals surface area (Å²) in [6, 6.07) is 5.09. The zero-order valence-corrected chi connectivity index (χ0v) is 11.6. The van der Waals surface area contributed by atoms with Crippen LogP contribution in [0.15, 0.2) is 18.2 Å². The van der Waals surface area contributed by atoms with Crippen LogP contribution in [-0.2, 0) is 17.8 Å². The van der Waals surface area contributed by atoms with E-state index in [1.54, 1.807) is 12.1 Å². The number of carboxylic acids is 1. The lowest BCUT2D eigenvalue weighted by Crippen LogP contribution is -2.24. The quantitative estimate of drug-likeness (QED) is 0.810. The molecule has 0 unspecified atom stereocenters. The van der Waals surface area contributed by atoms with E-state index in [0.717, 1.165) is 30.6 Å². The Bertz CT molecular complexity index is 541. The summed E-state index contributed by atoms with van der Waals surface area (Å²) >= 11 is 0. The molecule has 0 fully saturated rings. The van der Waals surface area contributed by atoms with Crippen molar-refractivity contribution >= 4 is 5.97 Å². The Morgan fingerprint density at radius 2 is 1.78 bits per heavy atom. The van der Waals surface area contributed by atoms with E-state index >= 15 is 0 Å². The highest BCUT2D eigenvalue weighted by Gasteiger charge is 2.38. The van der Waals surface area contributed by atoms with E-state index in [0.29, 0.717) is 0 Å². The van der Waals surface area contributed by atoms with Crippen LogP contribution >= 0.6 is 0 Å². The Labute approximate surface area is 127 Å². The zero-order valence-electron chi connectivity index (χ0n) is 11.6. The van der Waals surface area contributed by atoms with Gasteiger partial charge in [-0.3, -0.25) is 0 Å². The minimum absolute atomic E-state index is 0.290. The Kier molecular flexibility index (Phi) is 6.25. The molecule has 10 heteroatoms. The molecule has 0 radical (unpaired) electrons. The van der Waals surface area contributed by atoms with E-state index in [4.69, 9.17) is 14.6 Å². The van der Waals surface area contributed by atoms with Gasteiger partial charge in [-0.05, 0) is 36.2 Å². The second-order valence-electron chi connectivity index (χ2n) is 4.56. The molecule has 2 rings (SSSR count). The molecule has 1 aliphatic rings. The van der Waals surface area contributed by atoms with Crippen molar-refractivity contribution in [1.82, 2.24) is 5.32 Å². The van der Waals surface area contributed by atoms with Gasteiger partial charge in [-0.15, -0.1) is 0 Å². The molecular weight excluding hydrogens is 332 g/mol. The molecule has 0 atom stereocenters. The van der Waals surface area contributed by atoms with Crippen LogP contribution in [0.4, 0.5) is 26.3 Å². The van der Waals surface area contributed by atoms with Crippen LogP contribution in [0.5, 0.6) is 5.75 Å². The average Bonchev–Trinajstić information content (AvgIpc) is 2.44. The number of carboxylic acid groups (broad SMARTS) is 1. The number of hydrogen-bond acceptors (Lipinski definition) is 3. The summed E-state index contributed by atoms with van der Waals surface area (Å²) in [4.78, 5) is 8.90. The summed E-state index contributed by atoms with van der Waals surface area (Å²) in [6.45, 7) is 0.397. The van der Waals surface area contributed by atoms with Crippen LogP contribution in [0.2, 0.25) is 0 Å². The van der Waals surface area contributed by atoms with E-state index in [1.165, 1.54) is 0 Å². The summed E-state index contributed by atoms with van der Waals surface area (Å²) in [5, 5.41) is 10.3. The van der Waals surface area contributed by atoms with Crippen molar-refractivity contribution in [3.8, 4) is 5.75 Å². The summed E-state index contributed by atoms with van der Waals surface area (Å²) in [7, 11) is 0. The van der Waals surface area contributed by atoms with Gasteiger partial charge >= 0.3 is 18.3 Å². The van der Waals surface area contributed by atoms with Crippen molar-refractivity contribution in [3.05, 3.63) is 29.3 Å². The van der Waals surface area contributed by atoms with Gasteiger partial charge in [-0.1, -0.05) is 6.07 Å². The largest absolute Gasteiger partial charge is 0.490 e. The summed E-state index contributed by atoms with van der Waals surface area (Å²) in [6.07, 6.45) is -8.53. The predicted octanol–water partition coefficient (Wildman–Crippen LogP) is 2.91. The van der Waals surface area contributed by atoms with Crippen molar-refractivity contribution in [3.63, 3.8) is 0 Å². The minimum Gasteiger partial charge on any atom is -0.484 e. The highest BCUT2D eigenvalue weighted by Crippen LogP contribution is 2.23. The van der Waals surface area contributed by atoms with Crippen LogP contribution in [0, 0.1) is 0 Å². The SMILES string of the molecule is FC(F)(F)COc1ccc2c(c1)CCNC2.O=C(O)C(F)(F)F. The lowest BCUT2D eigenvalue weighted by atomic mass is 10.0. The Morgan fingerprint density at radius 3 is 2.30 bits per heavy atom. The molecule has 1 heterocycles. The smallest absolute Gasteiger partial charge is 0.484 e. The minimum atomic E-state index is -5.08. The molecule has 1 aromatic rings. The molecule has 1 aliphatic heterocycles.